The van der Waals surface area contributed by atoms with Gasteiger partial charge in [-0.1, -0.05) is 52.6 Å². The van der Waals surface area contributed by atoms with Crippen LogP contribution < -0.4 is 15.5 Å². The molecule has 1 aromatic carbocycles. The van der Waals surface area contributed by atoms with E-state index in [1.807, 2.05) is 38.7 Å². The van der Waals surface area contributed by atoms with E-state index in [0.29, 0.717) is 58.8 Å². The number of nitrogens with zero attached hydrogens (tertiary/aromatic N) is 4. The number of hydrogen-bond acceptors (Lipinski definition) is 6. The highest BCUT2D eigenvalue weighted by Gasteiger charge is 2.30. The van der Waals surface area contributed by atoms with Crippen LogP contribution in [0.25, 0.3) is 0 Å². The van der Waals surface area contributed by atoms with E-state index in [2.05, 4.69) is 25.5 Å². The second-order valence-electron chi connectivity index (χ2n) is 9.62. The molecule has 1 saturated heterocycles. The molecule has 2 aromatic rings. The Morgan fingerprint density at radius 1 is 1.14 bits per heavy atom. The zero-order valence-electron chi connectivity index (χ0n) is 20.8. The number of amides is 3. The number of benzene rings is 1. The Balaban J connectivity index is 1.51. The van der Waals surface area contributed by atoms with Crippen molar-refractivity contribution in [3.05, 3.63) is 45.0 Å². The van der Waals surface area contributed by atoms with Gasteiger partial charge in [0, 0.05) is 53.9 Å². The Hall–Kier alpha value is -1.94. The van der Waals surface area contributed by atoms with Crippen molar-refractivity contribution >= 4 is 64.3 Å². The molecule has 3 rings (SSSR count). The molecule has 2 N–H and O–H groups in total. The lowest BCUT2D eigenvalue weighted by Crippen LogP contribution is -2.59. The van der Waals surface area contributed by atoms with Crippen LogP contribution in [0, 0.1) is 0 Å². The molecule has 3 amide bonds. The zero-order chi connectivity index (χ0) is 26.5. The van der Waals surface area contributed by atoms with Gasteiger partial charge in [0.15, 0.2) is 5.16 Å². The number of urea groups is 1. The summed E-state index contributed by atoms with van der Waals surface area (Å²) in [7, 11) is 0. The predicted octanol–water partition coefficient (Wildman–Crippen LogP) is 4.91. The van der Waals surface area contributed by atoms with Crippen molar-refractivity contribution in [1.82, 2.24) is 25.5 Å². The number of thioether (sulfide) groups is 1. The summed E-state index contributed by atoms with van der Waals surface area (Å²) in [6.07, 6.45) is 0.599. The molecule has 1 aromatic heterocycles. The van der Waals surface area contributed by atoms with Gasteiger partial charge < -0.3 is 20.4 Å². The highest BCUT2D eigenvalue weighted by atomic mass is 35.5. The largest absolute Gasteiger partial charge is 0.355 e. The van der Waals surface area contributed by atoms with Crippen molar-refractivity contribution < 1.29 is 9.59 Å². The molecule has 0 radical (unpaired) electrons. The van der Waals surface area contributed by atoms with Gasteiger partial charge in [-0.15, -0.1) is 0 Å². The molecular formula is C24H31Cl3N6O2S. The van der Waals surface area contributed by atoms with Crippen LogP contribution in [0.4, 0.5) is 10.6 Å². The van der Waals surface area contributed by atoms with Crippen molar-refractivity contribution in [2.75, 3.05) is 36.8 Å². The minimum atomic E-state index is -0.296. The Morgan fingerprint density at radius 3 is 2.56 bits per heavy atom. The van der Waals surface area contributed by atoms with Crippen LogP contribution in [0.3, 0.4) is 0 Å². The number of piperazine rings is 1. The zero-order valence-corrected chi connectivity index (χ0v) is 23.9. The van der Waals surface area contributed by atoms with Crippen molar-refractivity contribution in [3.63, 3.8) is 0 Å². The first-order valence-electron chi connectivity index (χ1n) is 11.6. The molecule has 2 heterocycles. The van der Waals surface area contributed by atoms with Gasteiger partial charge in [0.25, 0.3) is 0 Å². The Bertz CT molecular complexity index is 1100. The fraction of sp³-hybridized carbons (Fsp3) is 0.500. The second kappa shape index (κ2) is 12.5. The number of nitrogens with one attached hydrogen (secondary N) is 2. The van der Waals surface area contributed by atoms with Gasteiger partial charge in [-0.05, 0) is 51.8 Å². The molecule has 12 heteroatoms. The highest BCUT2D eigenvalue weighted by Crippen LogP contribution is 2.24. The first-order chi connectivity index (χ1) is 16.9. The number of carbonyl (C=O) groups is 2. The summed E-state index contributed by atoms with van der Waals surface area (Å²) in [5.41, 5.74) is 0.622. The van der Waals surface area contributed by atoms with Crippen molar-refractivity contribution in [3.8, 4) is 0 Å². The number of carbonyl (C=O) groups excluding carboxylic acids is 2. The molecule has 1 unspecified atom stereocenters. The lowest BCUT2D eigenvalue weighted by atomic mass is 10.1. The Morgan fingerprint density at radius 2 is 1.89 bits per heavy atom. The van der Waals surface area contributed by atoms with Gasteiger partial charge >= 0.3 is 6.03 Å². The lowest BCUT2D eigenvalue weighted by molar-refractivity contribution is -0.118. The second-order valence-corrected chi connectivity index (χ2v) is 11.8. The summed E-state index contributed by atoms with van der Waals surface area (Å²) in [5.74, 6) is 0.700. The van der Waals surface area contributed by atoms with Gasteiger partial charge in [0.1, 0.15) is 11.0 Å². The SMILES string of the molecule is CC1CN(c2cc(Cl)nc(SCC(=O)NCCc3ccc(Cl)cc3Cl)n2)CCN1C(=O)NC(C)(C)C. The van der Waals surface area contributed by atoms with Gasteiger partial charge in [-0.3, -0.25) is 4.79 Å². The summed E-state index contributed by atoms with van der Waals surface area (Å²) in [4.78, 5) is 37.7. The fourth-order valence-electron chi connectivity index (χ4n) is 3.71. The molecule has 8 nitrogen and oxygen atoms in total. The normalized spacial score (nSPS) is 16.1. The van der Waals surface area contributed by atoms with Crippen molar-refractivity contribution in [1.29, 1.82) is 0 Å². The topological polar surface area (TPSA) is 90.5 Å². The lowest BCUT2D eigenvalue weighted by Gasteiger charge is -2.41. The van der Waals surface area contributed by atoms with E-state index in [9.17, 15) is 9.59 Å². The summed E-state index contributed by atoms with van der Waals surface area (Å²) in [6.45, 7) is 10.1. The number of anilines is 1. The summed E-state index contributed by atoms with van der Waals surface area (Å²) < 4.78 is 0. The van der Waals surface area contributed by atoms with Crippen molar-refractivity contribution in [2.45, 2.75) is 50.9 Å². The fourth-order valence-corrected chi connectivity index (χ4v) is 5.13. The third-order valence-electron chi connectivity index (χ3n) is 5.42. The van der Waals surface area contributed by atoms with Crippen molar-refractivity contribution in [2.24, 2.45) is 0 Å². The van der Waals surface area contributed by atoms with E-state index < -0.39 is 0 Å². The average molecular weight is 574 g/mol. The molecule has 196 valence electrons. The number of aromatic nitrogens is 2. The van der Waals surface area contributed by atoms with E-state index in [4.69, 9.17) is 34.8 Å². The maximum atomic E-state index is 12.6. The number of rotatable bonds is 7. The van der Waals surface area contributed by atoms with E-state index in [-0.39, 0.29) is 29.3 Å². The molecule has 1 aliphatic heterocycles. The summed E-state index contributed by atoms with van der Waals surface area (Å²) in [6, 6.07) is 6.94. The standard InChI is InChI=1S/C24H31Cl3N6O2S/c1-15-13-32(9-10-33(15)23(35)31-24(2,3)4)20-12-19(27)29-22(30-20)36-14-21(34)28-8-7-16-5-6-17(25)11-18(16)26/h5-6,11-12,15H,7-10,13-14H2,1-4H3,(H,28,34)(H,31,35). The van der Waals surface area contributed by atoms with E-state index >= 15 is 0 Å². The molecule has 1 aliphatic rings. The maximum Gasteiger partial charge on any atom is 0.318 e. The van der Waals surface area contributed by atoms with Crippen LogP contribution in [0.5, 0.6) is 0 Å². The van der Waals surface area contributed by atoms with Gasteiger partial charge in [-0.25, -0.2) is 14.8 Å². The van der Waals surface area contributed by atoms with Gasteiger partial charge in [0.05, 0.1) is 5.75 Å². The predicted molar refractivity (Wildman–Crippen MR) is 148 cm³/mol. The minimum absolute atomic E-state index is 0.00846. The van der Waals surface area contributed by atoms with Crippen LogP contribution in [0.15, 0.2) is 29.4 Å². The van der Waals surface area contributed by atoms with E-state index in [1.54, 1.807) is 18.2 Å². The number of halogens is 3. The average Bonchev–Trinajstić information content (AvgIpc) is 2.77. The summed E-state index contributed by atoms with van der Waals surface area (Å²) >= 11 is 19.6. The molecule has 0 bridgehead atoms. The van der Waals surface area contributed by atoms with E-state index in [0.717, 1.165) is 5.56 Å². The van der Waals surface area contributed by atoms with E-state index in [1.165, 1.54) is 11.8 Å². The number of hydrogen-bond donors (Lipinski definition) is 2. The minimum Gasteiger partial charge on any atom is -0.355 e. The monoisotopic (exact) mass is 572 g/mol. The van der Waals surface area contributed by atoms with Crippen LogP contribution in [-0.2, 0) is 11.2 Å². The Kier molecular flexibility index (Phi) is 9.97. The Labute approximate surface area is 231 Å². The maximum absolute atomic E-state index is 12.6. The molecular weight excluding hydrogens is 543 g/mol. The molecule has 1 atom stereocenters. The first kappa shape index (κ1) is 28.6. The molecule has 0 aliphatic carbocycles. The quantitative estimate of drug-likeness (QED) is 0.278. The highest BCUT2D eigenvalue weighted by molar-refractivity contribution is 7.99. The van der Waals surface area contributed by atoms with Crippen LogP contribution >= 0.6 is 46.6 Å². The molecule has 36 heavy (non-hydrogen) atoms. The molecule has 1 fully saturated rings. The molecule has 0 saturated carbocycles. The first-order valence-corrected chi connectivity index (χ1v) is 13.7. The van der Waals surface area contributed by atoms with Crippen LogP contribution in [0.1, 0.15) is 33.3 Å². The third kappa shape index (κ3) is 8.57. The molecule has 0 spiro atoms. The van der Waals surface area contributed by atoms with Crippen LogP contribution in [0.2, 0.25) is 15.2 Å². The van der Waals surface area contributed by atoms with Gasteiger partial charge in [-0.2, -0.15) is 0 Å². The van der Waals surface area contributed by atoms with Gasteiger partial charge in [0.2, 0.25) is 5.91 Å². The van der Waals surface area contributed by atoms with Crippen LogP contribution in [-0.4, -0.2) is 70.3 Å². The smallest absolute Gasteiger partial charge is 0.318 e. The third-order valence-corrected chi connectivity index (χ3v) is 7.05. The summed E-state index contributed by atoms with van der Waals surface area (Å²) in [5, 5.41) is 7.78.